The topological polar surface area (TPSA) is 47.0 Å². The highest BCUT2D eigenvalue weighted by molar-refractivity contribution is 9.10. The summed E-state index contributed by atoms with van der Waals surface area (Å²) in [7, 11) is 1.82. The van der Waals surface area contributed by atoms with Crippen LogP contribution in [0.4, 0.5) is 5.82 Å². The van der Waals surface area contributed by atoms with E-state index >= 15 is 0 Å². The van der Waals surface area contributed by atoms with Crippen LogP contribution < -0.4 is 10.1 Å². The Morgan fingerprint density at radius 3 is 2.72 bits per heavy atom. The first-order valence-electron chi connectivity index (χ1n) is 5.55. The Bertz CT molecular complexity index is 572. The van der Waals surface area contributed by atoms with E-state index in [0.29, 0.717) is 5.88 Å². The molecule has 1 N–H and O–H groups in total. The predicted molar refractivity (Wildman–Crippen MR) is 75.3 cm³/mol. The average Bonchev–Trinajstić information content (AvgIpc) is 2.36. The average molecular weight is 308 g/mol. The van der Waals surface area contributed by atoms with Crippen molar-refractivity contribution in [2.24, 2.45) is 0 Å². The van der Waals surface area contributed by atoms with E-state index in [1.54, 1.807) is 0 Å². The molecular formula is C13H14BrN3O. The molecule has 0 radical (unpaired) electrons. The van der Waals surface area contributed by atoms with Crippen LogP contribution in [0.15, 0.2) is 29.0 Å². The fraction of sp³-hybridized carbons (Fsp3) is 0.231. The van der Waals surface area contributed by atoms with Crippen molar-refractivity contribution in [2.75, 3.05) is 12.4 Å². The lowest BCUT2D eigenvalue weighted by Gasteiger charge is -2.11. The first-order valence-corrected chi connectivity index (χ1v) is 6.34. The Balaban J connectivity index is 2.37. The van der Waals surface area contributed by atoms with Crippen LogP contribution >= 0.6 is 15.9 Å². The van der Waals surface area contributed by atoms with Crippen molar-refractivity contribution in [1.29, 1.82) is 0 Å². The van der Waals surface area contributed by atoms with Gasteiger partial charge in [-0.3, -0.25) is 0 Å². The first kappa shape index (κ1) is 12.8. The number of halogens is 1. The van der Waals surface area contributed by atoms with E-state index < -0.39 is 0 Å². The van der Waals surface area contributed by atoms with Crippen molar-refractivity contribution >= 4 is 21.7 Å². The van der Waals surface area contributed by atoms with E-state index in [4.69, 9.17) is 4.74 Å². The van der Waals surface area contributed by atoms with Crippen molar-refractivity contribution in [3.05, 3.63) is 40.1 Å². The zero-order valence-electron chi connectivity index (χ0n) is 10.5. The van der Waals surface area contributed by atoms with Crippen molar-refractivity contribution < 1.29 is 4.74 Å². The molecular weight excluding hydrogens is 294 g/mol. The summed E-state index contributed by atoms with van der Waals surface area (Å²) in [5, 5.41) is 3.01. The molecule has 1 heterocycles. The van der Waals surface area contributed by atoms with Gasteiger partial charge in [-0.15, -0.1) is 0 Å². The van der Waals surface area contributed by atoms with Gasteiger partial charge in [0.25, 0.3) is 0 Å². The number of nitrogens with zero attached hydrogens (tertiary/aromatic N) is 2. The molecule has 0 saturated carbocycles. The molecule has 1 aromatic carbocycles. The van der Waals surface area contributed by atoms with Gasteiger partial charge in [0.1, 0.15) is 17.9 Å². The number of rotatable bonds is 3. The highest BCUT2D eigenvalue weighted by Gasteiger charge is 2.09. The Hall–Kier alpha value is -1.62. The second kappa shape index (κ2) is 5.35. The zero-order chi connectivity index (χ0) is 13.1. The molecule has 18 heavy (non-hydrogen) atoms. The zero-order valence-corrected chi connectivity index (χ0v) is 12.1. The minimum Gasteiger partial charge on any atom is -0.438 e. The Labute approximate surface area is 115 Å². The second-order valence-corrected chi connectivity index (χ2v) is 4.83. The number of aryl methyl sites for hydroxylation is 1. The molecule has 2 aromatic rings. The summed E-state index contributed by atoms with van der Waals surface area (Å²) < 4.78 is 6.82. The molecule has 0 saturated heterocycles. The van der Waals surface area contributed by atoms with Gasteiger partial charge in [0.15, 0.2) is 0 Å². The number of aromatic nitrogens is 2. The molecule has 1 aromatic heterocycles. The normalized spacial score (nSPS) is 10.2. The standard InChI is InChI=1S/C13H14BrN3O/c1-8-4-5-10(14)6-11(8)18-13-9(2)12(15-3)16-7-17-13/h4-7H,1-3H3,(H,15,16,17). The lowest BCUT2D eigenvalue weighted by Crippen LogP contribution is -2.00. The summed E-state index contributed by atoms with van der Waals surface area (Å²) in [6, 6.07) is 5.90. The highest BCUT2D eigenvalue weighted by Crippen LogP contribution is 2.30. The third kappa shape index (κ3) is 2.61. The van der Waals surface area contributed by atoms with Crippen LogP contribution in [-0.4, -0.2) is 17.0 Å². The van der Waals surface area contributed by atoms with Crippen LogP contribution in [0.1, 0.15) is 11.1 Å². The van der Waals surface area contributed by atoms with E-state index in [-0.39, 0.29) is 0 Å². The summed E-state index contributed by atoms with van der Waals surface area (Å²) >= 11 is 3.43. The molecule has 0 aliphatic carbocycles. The number of hydrogen-bond donors (Lipinski definition) is 1. The fourth-order valence-corrected chi connectivity index (χ4v) is 1.92. The van der Waals surface area contributed by atoms with Gasteiger partial charge in [0.05, 0.1) is 5.56 Å². The number of nitrogens with one attached hydrogen (secondary N) is 1. The summed E-state index contributed by atoms with van der Waals surface area (Å²) in [6.07, 6.45) is 1.49. The summed E-state index contributed by atoms with van der Waals surface area (Å²) in [4.78, 5) is 8.29. The molecule has 5 heteroatoms. The third-order valence-corrected chi connectivity index (χ3v) is 3.12. The van der Waals surface area contributed by atoms with Gasteiger partial charge in [-0.2, -0.15) is 0 Å². The maximum absolute atomic E-state index is 5.84. The minimum absolute atomic E-state index is 0.565. The molecule has 4 nitrogen and oxygen atoms in total. The third-order valence-electron chi connectivity index (χ3n) is 2.63. The van der Waals surface area contributed by atoms with Gasteiger partial charge in [-0.25, -0.2) is 9.97 Å². The monoisotopic (exact) mass is 307 g/mol. The van der Waals surface area contributed by atoms with Crippen LogP contribution in [0.3, 0.4) is 0 Å². The summed E-state index contributed by atoms with van der Waals surface area (Å²) in [6.45, 7) is 3.92. The smallest absolute Gasteiger partial charge is 0.227 e. The molecule has 0 bridgehead atoms. The molecule has 0 amide bonds. The van der Waals surface area contributed by atoms with Gasteiger partial charge in [0, 0.05) is 11.5 Å². The van der Waals surface area contributed by atoms with Crippen molar-refractivity contribution in [2.45, 2.75) is 13.8 Å². The van der Waals surface area contributed by atoms with Crippen molar-refractivity contribution in [1.82, 2.24) is 9.97 Å². The summed E-state index contributed by atoms with van der Waals surface area (Å²) in [5.41, 5.74) is 1.95. The van der Waals surface area contributed by atoms with Crippen LogP contribution in [-0.2, 0) is 0 Å². The molecule has 0 atom stereocenters. The molecule has 94 valence electrons. The van der Waals surface area contributed by atoms with E-state index in [2.05, 4.69) is 31.2 Å². The fourth-order valence-electron chi connectivity index (χ4n) is 1.58. The van der Waals surface area contributed by atoms with Gasteiger partial charge in [-0.1, -0.05) is 22.0 Å². The van der Waals surface area contributed by atoms with Crippen molar-refractivity contribution in [3.63, 3.8) is 0 Å². The molecule has 0 unspecified atom stereocenters. The highest BCUT2D eigenvalue weighted by atomic mass is 79.9. The predicted octanol–water partition coefficient (Wildman–Crippen LogP) is 3.69. The van der Waals surface area contributed by atoms with Gasteiger partial charge in [0.2, 0.25) is 5.88 Å². The quantitative estimate of drug-likeness (QED) is 0.939. The minimum atomic E-state index is 0.565. The number of benzene rings is 1. The maximum Gasteiger partial charge on any atom is 0.227 e. The van der Waals surface area contributed by atoms with Crippen LogP contribution in [0, 0.1) is 13.8 Å². The van der Waals surface area contributed by atoms with E-state index in [0.717, 1.165) is 27.2 Å². The second-order valence-electron chi connectivity index (χ2n) is 3.91. The van der Waals surface area contributed by atoms with Gasteiger partial charge in [-0.05, 0) is 31.5 Å². The maximum atomic E-state index is 5.84. The lowest BCUT2D eigenvalue weighted by atomic mass is 10.2. The van der Waals surface area contributed by atoms with Gasteiger partial charge < -0.3 is 10.1 Å². The van der Waals surface area contributed by atoms with E-state index in [9.17, 15) is 0 Å². The van der Waals surface area contributed by atoms with E-state index in [1.165, 1.54) is 6.33 Å². The van der Waals surface area contributed by atoms with Gasteiger partial charge >= 0.3 is 0 Å². The largest absolute Gasteiger partial charge is 0.438 e. The van der Waals surface area contributed by atoms with Crippen LogP contribution in [0.2, 0.25) is 0 Å². The lowest BCUT2D eigenvalue weighted by molar-refractivity contribution is 0.454. The number of hydrogen-bond acceptors (Lipinski definition) is 4. The SMILES string of the molecule is CNc1ncnc(Oc2cc(Br)ccc2C)c1C. The molecule has 2 rings (SSSR count). The van der Waals surface area contributed by atoms with Crippen LogP contribution in [0.25, 0.3) is 0 Å². The number of ether oxygens (including phenoxy) is 1. The Kier molecular flexibility index (Phi) is 3.81. The molecule has 0 fully saturated rings. The Morgan fingerprint density at radius 1 is 1.22 bits per heavy atom. The first-order chi connectivity index (χ1) is 8.61. The molecule has 0 aliphatic heterocycles. The summed E-state index contributed by atoms with van der Waals surface area (Å²) in [5.74, 6) is 2.12. The Morgan fingerprint density at radius 2 is 2.00 bits per heavy atom. The van der Waals surface area contributed by atoms with Crippen molar-refractivity contribution in [3.8, 4) is 11.6 Å². The molecule has 0 spiro atoms. The van der Waals surface area contributed by atoms with Crippen LogP contribution in [0.5, 0.6) is 11.6 Å². The number of anilines is 1. The van der Waals surface area contributed by atoms with E-state index in [1.807, 2.05) is 39.1 Å². The molecule has 0 aliphatic rings.